The molecule has 2 fully saturated rings. The Morgan fingerprint density at radius 3 is 2.79 bits per heavy atom. The van der Waals surface area contributed by atoms with Crippen LogP contribution >= 0.6 is 0 Å². The summed E-state index contributed by atoms with van der Waals surface area (Å²) in [5.74, 6) is 0.548. The number of aliphatic hydroxyl groups excluding tert-OH is 1. The van der Waals surface area contributed by atoms with Crippen LogP contribution in [0.4, 0.5) is 0 Å². The van der Waals surface area contributed by atoms with Gasteiger partial charge >= 0.3 is 0 Å². The van der Waals surface area contributed by atoms with Crippen LogP contribution in [-0.4, -0.2) is 27.5 Å². The number of nitrogens with one attached hydrogen (secondary N) is 1. The van der Waals surface area contributed by atoms with Gasteiger partial charge in [0.2, 0.25) is 0 Å². The van der Waals surface area contributed by atoms with Crippen molar-refractivity contribution in [2.24, 2.45) is 5.92 Å². The molecule has 4 heteroatoms. The predicted molar refractivity (Wildman–Crippen MR) is 74.8 cm³/mol. The van der Waals surface area contributed by atoms with Crippen LogP contribution in [0.15, 0.2) is 12.3 Å². The second-order valence-corrected chi connectivity index (χ2v) is 6.11. The maximum atomic E-state index is 9.79. The third kappa shape index (κ3) is 3.57. The number of nitrogens with zero attached hydrogens (tertiary/aromatic N) is 2. The Kier molecular flexibility index (Phi) is 4.18. The van der Waals surface area contributed by atoms with Gasteiger partial charge in [0.15, 0.2) is 0 Å². The van der Waals surface area contributed by atoms with Crippen molar-refractivity contribution in [3.8, 4) is 0 Å². The smallest absolute Gasteiger partial charge is 0.0762 e. The number of aliphatic hydroxyl groups is 1. The minimum absolute atomic E-state index is 0.166. The van der Waals surface area contributed by atoms with E-state index in [9.17, 15) is 5.11 Å². The van der Waals surface area contributed by atoms with Crippen LogP contribution in [0.25, 0.3) is 0 Å². The Labute approximate surface area is 115 Å². The fraction of sp³-hybridized carbons (Fsp3) is 0.800. The summed E-state index contributed by atoms with van der Waals surface area (Å²) >= 11 is 0. The molecule has 1 aromatic heterocycles. The number of rotatable bonds is 6. The quantitative estimate of drug-likeness (QED) is 0.827. The molecule has 0 saturated heterocycles. The molecule has 1 unspecified atom stereocenters. The molecule has 2 aliphatic carbocycles. The Balaban J connectivity index is 1.44. The van der Waals surface area contributed by atoms with Gasteiger partial charge in [-0.15, -0.1) is 0 Å². The Morgan fingerprint density at radius 1 is 1.26 bits per heavy atom. The average molecular weight is 263 g/mol. The Morgan fingerprint density at radius 2 is 2.05 bits per heavy atom. The molecule has 0 bridgehead atoms. The molecule has 0 amide bonds. The molecule has 0 spiro atoms. The standard InChI is InChI=1S/C15H25N3O/c19-15(12-6-7-12)11-16-10-13-8-9-18(17-13)14-4-2-1-3-5-14/h8-9,12,14-16,19H,1-7,10-11H2. The fourth-order valence-electron chi connectivity index (χ4n) is 3.02. The molecule has 0 aliphatic heterocycles. The van der Waals surface area contributed by atoms with Crippen molar-refractivity contribution in [1.29, 1.82) is 0 Å². The molecule has 0 aromatic carbocycles. The summed E-state index contributed by atoms with van der Waals surface area (Å²) in [6, 6.07) is 2.71. The summed E-state index contributed by atoms with van der Waals surface area (Å²) < 4.78 is 2.15. The van der Waals surface area contributed by atoms with E-state index in [2.05, 4.69) is 27.4 Å². The maximum absolute atomic E-state index is 9.79. The van der Waals surface area contributed by atoms with Gasteiger partial charge in [-0.1, -0.05) is 19.3 Å². The second-order valence-electron chi connectivity index (χ2n) is 6.11. The molecule has 106 valence electrons. The average Bonchev–Trinajstić information content (AvgIpc) is 3.20. The molecule has 2 saturated carbocycles. The van der Waals surface area contributed by atoms with Crippen LogP contribution in [0.1, 0.15) is 56.7 Å². The summed E-state index contributed by atoms with van der Waals surface area (Å²) in [7, 11) is 0. The van der Waals surface area contributed by atoms with Crippen LogP contribution in [-0.2, 0) is 6.54 Å². The lowest BCUT2D eigenvalue weighted by molar-refractivity contribution is 0.148. The monoisotopic (exact) mass is 263 g/mol. The van der Waals surface area contributed by atoms with Gasteiger partial charge in [-0.3, -0.25) is 4.68 Å². The van der Waals surface area contributed by atoms with Gasteiger partial charge in [0, 0.05) is 19.3 Å². The first-order chi connectivity index (χ1) is 9.33. The molecule has 0 radical (unpaired) electrons. The van der Waals surface area contributed by atoms with Crippen LogP contribution in [0.5, 0.6) is 0 Å². The van der Waals surface area contributed by atoms with E-state index in [-0.39, 0.29) is 6.10 Å². The van der Waals surface area contributed by atoms with Crippen LogP contribution in [0.3, 0.4) is 0 Å². The third-order valence-corrected chi connectivity index (χ3v) is 4.44. The van der Waals surface area contributed by atoms with E-state index in [0.29, 0.717) is 18.5 Å². The van der Waals surface area contributed by atoms with E-state index in [1.165, 1.54) is 44.9 Å². The van der Waals surface area contributed by atoms with Crippen molar-refractivity contribution in [1.82, 2.24) is 15.1 Å². The molecule has 1 aromatic rings. The SMILES string of the molecule is OC(CNCc1ccn(C2CCCCC2)n1)C1CC1. The summed E-state index contributed by atoms with van der Waals surface area (Å²) in [6.07, 6.45) is 10.9. The van der Waals surface area contributed by atoms with E-state index >= 15 is 0 Å². The van der Waals surface area contributed by atoms with Crippen LogP contribution in [0, 0.1) is 5.92 Å². The van der Waals surface area contributed by atoms with Gasteiger partial charge in [0.05, 0.1) is 17.8 Å². The first-order valence-electron chi connectivity index (χ1n) is 7.76. The highest BCUT2D eigenvalue weighted by Gasteiger charge is 2.29. The van der Waals surface area contributed by atoms with Gasteiger partial charge in [-0.2, -0.15) is 5.10 Å². The highest BCUT2D eigenvalue weighted by atomic mass is 16.3. The molecule has 19 heavy (non-hydrogen) atoms. The molecule has 2 N–H and O–H groups in total. The lowest BCUT2D eigenvalue weighted by Gasteiger charge is -2.21. The van der Waals surface area contributed by atoms with Crippen LogP contribution in [0.2, 0.25) is 0 Å². The molecule has 3 rings (SSSR count). The van der Waals surface area contributed by atoms with E-state index in [0.717, 1.165) is 12.2 Å². The van der Waals surface area contributed by atoms with E-state index in [1.54, 1.807) is 0 Å². The van der Waals surface area contributed by atoms with Crippen molar-refractivity contribution in [3.05, 3.63) is 18.0 Å². The second kappa shape index (κ2) is 6.06. The lowest BCUT2D eigenvalue weighted by Crippen LogP contribution is -2.28. The Bertz CT molecular complexity index is 394. The van der Waals surface area contributed by atoms with Gasteiger partial charge in [0.25, 0.3) is 0 Å². The fourth-order valence-corrected chi connectivity index (χ4v) is 3.02. The number of hydrogen-bond donors (Lipinski definition) is 2. The maximum Gasteiger partial charge on any atom is 0.0762 e. The van der Waals surface area contributed by atoms with Crippen molar-refractivity contribution in [2.45, 2.75) is 63.6 Å². The van der Waals surface area contributed by atoms with E-state index in [4.69, 9.17) is 0 Å². The summed E-state index contributed by atoms with van der Waals surface area (Å²) in [5, 5.41) is 17.8. The zero-order valence-electron chi connectivity index (χ0n) is 11.6. The molecule has 1 heterocycles. The van der Waals surface area contributed by atoms with Gasteiger partial charge < -0.3 is 10.4 Å². The summed E-state index contributed by atoms with van der Waals surface area (Å²) in [5.41, 5.74) is 1.09. The van der Waals surface area contributed by atoms with Crippen molar-refractivity contribution in [2.75, 3.05) is 6.54 Å². The highest BCUT2D eigenvalue weighted by Crippen LogP contribution is 2.32. The van der Waals surface area contributed by atoms with Gasteiger partial charge in [-0.05, 0) is 37.7 Å². The molecule has 4 nitrogen and oxygen atoms in total. The van der Waals surface area contributed by atoms with Gasteiger partial charge in [0.1, 0.15) is 0 Å². The summed E-state index contributed by atoms with van der Waals surface area (Å²) in [6.45, 7) is 1.46. The third-order valence-electron chi connectivity index (χ3n) is 4.44. The highest BCUT2D eigenvalue weighted by molar-refractivity contribution is 5.00. The van der Waals surface area contributed by atoms with Crippen molar-refractivity contribution >= 4 is 0 Å². The molecular formula is C15H25N3O. The first kappa shape index (κ1) is 13.1. The minimum Gasteiger partial charge on any atom is -0.392 e. The number of aromatic nitrogens is 2. The van der Waals surface area contributed by atoms with Crippen molar-refractivity contribution < 1.29 is 5.11 Å². The van der Waals surface area contributed by atoms with E-state index < -0.39 is 0 Å². The molecule has 1 atom stereocenters. The largest absolute Gasteiger partial charge is 0.392 e. The zero-order valence-corrected chi connectivity index (χ0v) is 11.6. The molecular weight excluding hydrogens is 238 g/mol. The first-order valence-corrected chi connectivity index (χ1v) is 7.76. The molecule has 2 aliphatic rings. The lowest BCUT2D eigenvalue weighted by atomic mass is 9.96. The zero-order chi connectivity index (χ0) is 13.1. The van der Waals surface area contributed by atoms with E-state index in [1.807, 2.05) is 0 Å². The topological polar surface area (TPSA) is 50.1 Å². The normalized spacial score (nSPS) is 22.6. The van der Waals surface area contributed by atoms with Crippen LogP contribution < -0.4 is 5.32 Å². The number of hydrogen-bond acceptors (Lipinski definition) is 3. The van der Waals surface area contributed by atoms with Gasteiger partial charge in [-0.25, -0.2) is 0 Å². The predicted octanol–water partition coefficient (Wildman–Crippen LogP) is 2.25. The minimum atomic E-state index is -0.166. The summed E-state index contributed by atoms with van der Waals surface area (Å²) in [4.78, 5) is 0. The van der Waals surface area contributed by atoms with Crippen molar-refractivity contribution in [3.63, 3.8) is 0 Å². The Hall–Kier alpha value is -0.870.